The number of nitrogens with zero attached hydrogens (tertiary/aromatic N) is 1. The van der Waals surface area contributed by atoms with Crippen molar-refractivity contribution in [3.8, 4) is 0 Å². The summed E-state index contributed by atoms with van der Waals surface area (Å²) in [6, 6.07) is 15.9. The minimum absolute atomic E-state index is 0.0212. The molecule has 1 aliphatic rings. The van der Waals surface area contributed by atoms with E-state index in [0.29, 0.717) is 0 Å². The number of hydrogen-bond donors (Lipinski definition) is 1. The highest BCUT2D eigenvalue weighted by atomic mass is 16.5. The van der Waals surface area contributed by atoms with Crippen molar-refractivity contribution in [2.75, 3.05) is 36.5 Å². The number of benzene rings is 2. The van der Waals surface area contributed by atoms with E-state index in [9.17, 15) is 4.79 Å². The maximum absolute atomic E-state index is 12.3. The molecule has 27 heavy (non-hydrogen) atoms. The molecule has 5 heteroatoms. The topological polar surface area (TPSA) is 50.8 Å². The first-order valence-electron chi connectivity index (χ1n) is 9.38. The fourth-order valence-electron chi connectivity index (χ4n) is 3.00. The molecule has 0 radical (unpaired) electrons. The quantitative estimate of drug-likeness (QED) is 0.859. The highest BCUT2D eigenvalue weighted by Crippen LogP contribution is 2.31. The minimum atomic E-state index is -0.446. The number of carbonyl (C=O) groups is 1. The number of morpholine rings is 1. The maximum atomic E-state index is 12.3. The van der Waals surface area contributed by atoms with Gasteiger partial charge in [-0.1, -0.05) is 51.1 Å². The van der Waals surface area contributed by atoms with Gasteiger partial charge in [-0.15, -0.1) is 0 Å². The summed E-state index contributed by atoms with van der Waals surface area (Å²) in [6.07, 6.45) is -0.446. The van der Waals surface area contributed by atoms with Gasteiger partial charge in [0, 0.05) is 24.5 Å². The first kappa shape index (κ1) is 19.2. The highest BCUT2D eigenvalue weighted by molar-refractivity contribution is 5.85. The van der Waals surface area contributed by atoms with Gasteiger partial charge in [0.25, 0.3) is 0 Å². The van der Waals surface area contributed by atoms with Crippen molar-refractivity contribution in [2.45, 2.75) is 32.8 Å². The van der Waals surface area contributed by atoms with Crippen LogP contribution < -0.4 is 10.2 Å². The molecule has 1 saturated heterocycles. The van der Waals surface area contributed by atoms with Gasteiger partial charge in [-0.05, 0) is 34.7 Å². The van der Waals surface area contributed by atoms with Gasteiger partial charge in [0.1, 0.15) is 6.61 Å². The summed E-state index contributed by atoms with van der Waals surface area (Å²) in [7, 11) is 0. The van der Waals surface area contributed by atoms with E-state index >= 15 is 0 Å². The molecule has 144 valence electrons. The summed E-state index contributed by atoms with van der Waals surface area (Å²) in [5, 5.41) is 2.89. The average Bonchev–Trinajstić information content (AvgIpc) is 2.67. The third-order valence-electron chi connectivity index (χ3n) is 4.62. The first-order chi connectivity index (χ1) is 12.9. The second-order valence-corrected chi connectivity index (χ2v) is 7.80. The zero-order chi connectivity index (χ0) is 19.3. The molecule has 0 unspecified atom stereocenters. The molecule has 1 heterocycles. The molecule has 0 aliphatic carbocycles. The number of amides is 1. The van der Waals surface area contributed by atoms with Crippen LogP contribution in [0.25, 0.3) is 0 Å². The summed E-state index contributed by atoms with van der Waals surface area (Å²) in [4.78, 5) is 14.6. The number of hydrogen-bond acceptors (Lipinski definition) is 4. The molecule has 3 rings (SSSR count). The Kier molecular flexibility index (Phi) is 6.01. The molecule has 1 fully saturated rings. The Morgan fingerprint density at radius 2 is 1.81 bits per heavy atom. The fourth-order valence-corrected chi connectivity index (χ4v) is 3.00. The normalized spacial score (nSPS) is 14.7. The molecule has 0 saturated carbocycles. The molecule has 0 atom stereocenters. The van der Waals surface area contributed by atoms with Crippen LogP contribution >= 0.6 is 0 Å². The molecule has 5 nitrogen and oxygen atoms in total. The molecule has 1 aliphatic heterocycles. The SMILES string of the molecule is CC(C)(C)c1cc(NC(=O)OCc2ccccc2)cc(N2CCOCC2)c1. The van der Waals surface area contributed by atoms with Gasteiger partial charge in [0.2, 0.25) is 0 Å². The second kappa shape index (κ2) is 8.44. The van der Waals surface area contributed by atoms with Gasteiger partial charge in [0.05, 0.1) is 13.2 Å². The summed E-state index contributed by atoms with van der Waals surface area (Å²) < 4.78 is 10.8. The molecule has 1 N–H and O–H groups in total. The molecule has 2 aromatic carbocycles. The molecular weight excluding hydrogens is 340 g/mol. The Hall–Kier alpha value is -2.53. The van der Waals surface area contributed by atoms with Crippen LogP contribution in [0.5, 0.6) is 0 Å². The van der Waals surface area contributed by atoms with Crippen molar-refractivity contribution in [3.63, 3.8) is 0 Å². The zero-order valence-electron chi connectivity index (χ0n) is 16.3. The lowest BCUT2D eigenvalue weighted by atomic mass is 9.86. The maximum Gasteiger partial charge on any atom is 0.411 e. The van der Waals surface area contributed by atoms with Crippen LogP contribution in [0.3, 0.4) is 0 Å². The molecule has 2 aromatic rings. The molecule has 0 aromatic heterocycles. The van der Waals surface area contributed by atoms with E-state index in [1.807, 2.05) is 42.5 Å². The number of anilines is 2. The Morgan fingerprint density at radius 3 is 2.48 bits per heavy atom. The monoisotopic (exact) mass is 368 g/mol. The molecule has 0 spiro atoms. The van der Waals surface area contributed by atoms with Crippen molar-refractivity contribution in [1.82, 2.24) is 0 Å². The minimum Gasteiger partial charge on any atom is -0.444 e. The van der Waals surface area contributed by atoms with Gasteiger partial charge in [-0.25, -0.2) is 4.79 Å². The van der Waals surface area contributed by atoms with Crippen molar-refractivity contribution in [1.29, 1.82) is 0 Å². The van der Waals surface area contributed by atoms with Gasteiger partial charge in [-0.2, -0.15) is 0 Å². The largest absolute Gasteiger partial charge is 0.444 e. The number of carbonyl (C=O) groups excluding carboxylic acids is 1. The standard InChI is InChI=1S/C22H28N2O3/c1-22(2,3)18-13-19(15-20(14-18)24-9-11-26-12-10-24)23-21(25)27-16-17-7-5-4-6-8-17/h4-8,13-15H,9-12,16H2,1-3H3,(H,23,25). The van der Waals surface area contributed by atoms with Crippen LogP contribution in [-0.4, -0.2) is 32.4 Å². The third-order valence-corrected chi connectivity index (χ3v) is 4.62. The lowest BCUT2D eigenvalue weighted by Gasteiger charge is -2.31. The molecule has 0 bridgehead atoms. The van der Waals surface area contributed by atoms with Crippen LogP contribution in [0, 0.1) is 0 Å². The summed E-state index contributed by atoms with van der Waals surface area (Å²) in [5.41, 5.74) is 3.97. The predicted molar refractivity (Wildman–Crippen MR) is 108 cm³/mol. The third kappa shape index (κ3) is 5.47. The van der Waals surface area contributed by atoms with E-state index < -0.39 is 6.09 Å². The Bertz CT molecular complexity index is 763. The van der Waals surface area contributed by atoms with Gasteiger partial charge >= 0.3 is 6.09 Å². The van der Waals surface area contributed by atoms with Gasteiger partial charge in [0.15, 0.2) is 0 Å². The van der Waals surface area contributed by atoms with Gasteiger partial charge < -0.3 is 14.4 Å². The summed E-state index contributed by atoms with van der Waals surface area (Å²) in [5.74, 6) is 0. The number of rotatable bonds is 4. The van der Waals surface area contributed by atoms with E-state index in [1.165, 1.54) is 5.56 Å². The van der Waals surface area contributed by atoms with E-state index in [1.54, 1.807) is 0 Å². The summed E-state index contributed by atoms with van der Waals surface area (Å²) in [6.45, 7) is 9.91. The van der Waals surface area contributed by atoms with Crippen LogP contribution in [-0.2, 0) is 21.5 Å². The van der Waals surface area contributed by atoms with E-state index in [2.05, 4.69) is 37.1 Å². The molecular formula is C22H28N2O3. The smallest absolute Gasteiger partial charge is 0.411 e. The number of ether oxygens (including phenoxy) is 2. The van der Waals surface area contributed by atoms with Crippen molar-refractivity contribution in [3.05, 3.63) is 59.7 Å². The Morgan fingerprint density at radius 1 is 1.11 bits per heavy atom. The Labute approximate surface area is 161 Å². The zero-order valence-corrected chi connectivity index (χ0v) is 16.3. The van der Waals surface area contributed by atoms with Crippen LogP contribution in [0.1, 0.15) is 31.9 Å². The average molecular weight is 368 g/mol. The van der Waals surface area contributed by atoms with Crippen LogP contribution in [0.2, 0.25) is 0 Å². The van der Waals surface area contributed by atoms with E-state index in [0.717, 1.165) is 43.2 Å². The lowest BCUT2D eigenvalue weighted by Crippen LogP contribution is -2.36. The fraction of sp³-hybridized carbons (Fsp3) is 0.409. The van der Waals surface area contributed by atoms with Gasteiger partial charge in [-0.3, -0.25) is 5.32 Å². The predicted octanol–water partition coefficient (Wildman–Crippen LogP) is 4.57. The van der Waals surface area contributed by atoms with Crippen LogP contribution in [0.15, 0.2) is 48.5 Å². The van der Waals surface area contributed by atoms with Crippen molar-refractivity contribution >= 4 is 17.5 Å². The van der Waals surface area contributed by atoms with Crippen molar-refractivity contribution in [2.24, 2.45) is 0 Å². The lowest BCUT2D eigenvalue weighted by molar-refractivity contribution is 0.122. The van der Waals surface area contributed by atoms with Crippen LogP contribution in [0.4, 0.5) is 16.2 Å². The van der Waals surface area contributed by atoms with E-state index in [4.69, 9.17) is 9.47 Å². The summed E-state index contributed by atoms with van der Waals surface area (Å²) >= 11 is 0. The second-order valence-electron chi connectivity index (χ2n) is 7.80. The van der Waals surface area contributed by atoms with E-state index in [-0.39, 0.29) is 12.0 Å². The Balaban J connectivity index is 1.73. The number of nitrogens with one attached hydrogen (secondary N) is 1. The van der Waals surface area contributed by atoms with Crippen molar-refractivity contribution < 1.29 is 14.3 Å². The first-order valence-corrected chi connectivity index (χ1v) is 9.38. The molecule has 1 amide bonds. The highest BCUT2D eigenvalue weighted by Gasteiger charge is 2.19.